The molecule has 0 saturated heterocycles. The molecule has 1 heterocycles. The quantitative estimate of drug-likeness (QED) is 0.930. The minimum absolute atomic E-state index is 0.0143. The zero-order chi connectivity index (χ0) is 15.0. The number of nitrogens with zero attached hydrogens (tertiary/aromatic N) is 2. The van der Waals surface area contributed by atoms with Crippen molar-refractivity contribution in [2.75, 3.05) is 0 Å². The maximum atomic E-state index is 12.0. The fourth-order valence-electron chi connectivity index (χ4n) is 2.55. The van der Waals surface area contributed by atoms with Crippen LogP contribution in [0.4, 0.5) is 0 Å². The molecule has 0 aliphatic heterocycles. The average molecular weight is 340 g/mol. The summed E-state index contributed by atoms with van der Waals surface area (Å²) in [5.74, 6) is 0.590. The molecular weight excluding hydrogens is 318 g/mol. The van der Waals surface area contributed by atoms with Crippen molar-refractivity contribution in [3.8, 4) is 0 Å². The molecule has 1 aromatic carbocycles. The van der Waals surface area contributed by atoms with Crippen molar-refractivity contribution in [3.63, 3.8) is 0 Å². The third-order valence-electron chi connectivity index (χ3n) is 4.14. The molecular formula is C15H22BrN3O. The number of nitrogens with two attached hydrogens (primary N) is 1. The molecule has 0 fully saturated rings. The first-order valence-electron chi connectivity index (χ1n) is 6.97. The second-order valence-corrected chi connectivity index (χ2v) is 6.47. The van der Waals surface area contributed by atoms with Crippen LogP contribution >= 0.6 is 15.9 Å². The average Bonchev–Trinajstić information content (AvgIpc) is 2.62. The normalized spacial score (nSPS) is 14.7. The number of hydrogen-bond acceptors (Lipinski definition) is 2. The van der Waals surface area contributed by atoms with Gasteiger partial charge < -0.3 is 5.73 Å². The highest BCUT2D eigenvalue weighted by molar-refractivity contribution is 9.10. The molecule has 2 rings (SSSR count). The molecule has 2 unspecified atom stereocenters. The van der Waals surface area contributed by atoms with E-state index in [0.29, 0.717) is 5.92 Å². The summed E-state index contributed by atoms with van der Waals surface area (Å²) in [5, 5.41) is 0. The Morgan fingerprint density at radius 1 is 1.25 bits per heavy atom. The summed E-state index contributed by atoms with van der Waals surface area (Å²) < 4.78 is 4.30. The van der Waals surface area contributed by atoms with Gasteiger partial charge in [-0.2, -0.15) is 0 Å². The van der Waals surface area contributed by atoms with Crippen molar-refractivity contribution in [2.45, 2.75) is 32.7 Å². The Labute approximate surface area is 127 Å². The Bertz CT molecular complexity index is 686. The largest absolute Gasteiger partial charge is 0.328 e. The lowest BCUT2D eigenvalue weighted by atomic mass is 9.95. The van der Waals surface area contributed by atoms with Crippen LogP contribution in [0.15, 0.2) is 21.4 Å². The van der Waals surface area contributed by atoms with Crippen LogP contribution in [0, 0.1) is 5.92 Å². The highest BCUT2D eigenvalue weighted by Crippen LogP contribution is 2.30. The van der Waals surface area contributed by atoms with Crippen molar-refractivity contribution < 1.29 is 0 Å². The highest BCUT2D eigenvalue weighted by Gasteiger charge is 2.17. The standard InChI is InChI=1S/C15H22BrN3O/c1-5-9(2)6-12(17)10-7-13-14(8-11(10)16)19(4)15(20)18(13)3/h7-9,12H,5-6,17H2,1-4H3. The van der Waals surface area contributed by atoms with Gasteiger partial charge in [-0.25, -0.2) is 4.79 Å². The van der Waals surface area contributed by atoms with Gasteiger partial charge in [-0.3, -0.25) is 9.13 Å². The van der Waals surface area contributed by atoms with Crippen LogP contribution < -0.4 is 11.4 Å². The van der Waals surface area contributed by atoms with Gasteiger partial charge in [0, 0.05) is 24.6 Å². The van der Waals surface area contributed by atoms with Crippen molar-refractivity contribution in [1.82, 2.24) is 9.13 Å². The summed E-state index contributed by atoms with van der Waals surface area (Å²) >= 11 is 3.59. The third-order valence-corrected chi connectivity index (χ3v) is 4.83. The smallest absolute Gasteiger partial charge is 0.324 e. The molecule has 5 heteroatoms. The predicted octanol–water partition coefficient (Wildman–Crippen LogP) is 3.08. The molecule has 0 aliphatic carbocycles. The zero-order valence-corrected chi connectivity index (χ0v) is 14.1. The Morgan fingerprint density at radius 3 is 2.35 bits per heavy atom. The van der Waals surface area contributed by atoms with Crippen molar-refractivity contribution in [1.29, 1.82) is 0 Å². The van der Waals surface area contributed by atoms with Gasteiger partial charge in [0.05, 0.1) is 11.0 Å². The van der Waals surface area contributed by atoms with Crippen LogP contribution in [-0.4, -0.2) is 9.13 Å². The van der Waals surface area contributed by atoms with Gasteiger partial charge in [-0.15, -0.1) is 0 Å². The highest BCUT2D eigenvalue weighted by atomic mass is 79.9. The first-order chi connectivity index (χ1) is 9.36. The molecule has 0 bridgehead atoms. The monoisotopic (exact) mass is 339 g/mol. The van der Waals surface area contributed by atoms with E-state index in [9.17, 15) is 4.79 Å². The zero-order valence-electron chi connectivity index (χ0n) is 12.5. The van der Waals surface area contributed by atoms with Crippen molar-refractivity contribution in [3.05, 3.63) is 32.7 Å². The number of aromatic nitrogens is 2. The maximum Gasteiger partial charge on any atom is 0.328 e. The van der Waals surface area contributed by atoms with E-state index in [1.165, 1.54) is 0 Å². The molecule has 0 radical (unpaired) electrons. The van der Waals surface area contributed by atoms with E-state index in [-0.39, 0.29) is 11.7 Å². The summed E-state index contributed by atoms with van der Waals surface area (Å²) in [4.78, 5) is 12.0. The summed E-state index contributed by atoms with van der Waals surface area (Å²) in [6, 6.07) is 4.01. The van der Waals surface area contributed by atoms with Crippen molar-refractivity contribution >= 4 is 27.0 Å². The maximum absolute atomic E-state index is 12.0. The first-order valence-corrected chi connectivity index (χ1v) is 7.76. The van der Waals surface area contributed by atoms with E-state index in [0.717, 1.165) is 33.9 Å². The fraction of sp³-hybridized carbons (Fsp3) is 0.533. The number of fused-ring (bicyclic) bond motifs is 1. The number of rotatable bonds is 4. The van der Waals surface area contributed by atoms with Gasteiger partial charge in [0.1, 0.15) is 0 Å². The number of hydrogen-bond donors (Lipinski definition) is 1. The predicted molar refractivity (Wildman–Crippen MR) is 86.9 cm³/mol. The van der Waals surface area contributed by atoms with Gasteiger partial charge in [0.15, 0.2) is 0 Å². The molecule has 2 atom stereocenters. The molecule has 0 aliphatic rings. The van der Waals surface area contributed by atoms with Gasteiger partial charge in [-0.05, 0) is 30.0 Å². The van der Waals surface area contributed by atoms with Gasteiger partial charge in [-0.1, -0.05) is 36.2 Å². The number of aryl methyl sites for hydroxylation is 2. The van der Waals surface area contributed by atoms with E-state index >= 15 is 0 Å². The third kappa shape index (κ3) is 2.56. The molecule has 2 aromatic rings. The molecule has 0 saturated carbocycles. The summed E-state index contributed by atoms with van der Waals surface area (Å²) in [7, 11) is 3.58. The molecule has 4 nitrogen and oxygen atoms in total. The lowest BCUT2D eigenvalue weighted by molar-refractivity contribution is 0.460. The Balaban J connectivity index is 2.53. The Kier molecular flexibility index (Phi) is 4.39. The van der Waals surface area contributed by atoms with Crippen LogP contribution in [0.2, 0.25) is 0 Å². The van der Waals surface area contributed by atoms with Crippen molar-refractivity contribution in [2.24, 2.45) is 25.7 Å². The molecule has 1 aromatic heterocycles. The Morgan fingerprint density at radius 2 is 1.80 bits per heavy atom. The van der Waals surface area contributed by atoms with Gasteiger partial charge >= 0.3 is 5.69 Å². The van der Waals surface area contributed by atoms with E-state index in [2.05, 4.69) is 29.8 Å². The molecule has 0 spiro atoms. The summed E-state index contributed by atoms with van der Waals surface area (Å²) in [5.41, 5.74) is 9.23. The number of imidazole rings is 1. The first kappa shape index (κ1) is 15.3. The van der Waals surface area contributed by atoms with Gasteiger partial charge in [0.25, 0.3) is 0 Å². The minimum atomic E-state index is -0.0148. The molecule has 0 amide bonds. The van der Waals surface area contributed by atoms with Crippen LogP contribution in [0.1, 0.15) is 38.3 Å². The SMILES string of the molecule is CCC(C)CC(N)c1cc2c(cc1Br)n(C)c(=O)n2C. The molecule has 110 valence electrons. The molecule has 20 heavy (non-hydrogen) atoms. The minimum Gasteiger partial charge on any atom is -0.324 e. The van der Waals surface area contributed by atoms with E-state index in [4.69, 9.17) is 5.73 Å². The van der Waals surface area contributed by atoms with Crippen LogP contribution in [0.3, 0.4) is 0 Å². The van der Waals surface area contributed by atoms with Crippen LogP contribution in [-0.2, 0) is 14.1 Å². The van der Waals surface area contributed by atoms with Gasteiger partial charge in [0.2, 0.25) is 0 Å². The Hall–Kier alpha value is -1.07. The topological polar surface area (TPSA) is 52.9 Å². The number of halogens is 1. The fourth-order valence-corrected chi connectivity index (χ4v) is 3.17. The van der Waals surface area contributed by atoms with E-state index < -0.39 is 0 Å². The van der Waals surface area contributed by atoms with Crippen LogP contribution in [0.5, 0.6) is 0 Å². The molecule has 2 N–H and O–H groups in total. The summed E-state index contributed by atoms with van der Waals surface area (Å²) in [6.07, 6.45) is 2.07. The second-order valence-electron chi connectivity index (χ2n) is 5.62. The lowest BCUT2D eigenvalue weighted by Crippen LogP contribution is -2.19. The summed E-state index contributed by atoms with van der Waals surface area (Å²) in [6.45, 7) is 4.39. The lowest BCUT2D eigenvalue weighted by Gasteiger charge is -2.18. The van der Waals surface area contributed by atoms with E-state index in [1.54, 1.807) is 23.2 Å². The second kappa shape index (κ2) is 5.74. The van der Waals surface area contributed by atoms with E-state index in [1.807, 2.05) is 12.1 Å². The van der Waals surface area contributed by atoms with Crippen LogP contribution in [0.25, 0.3) is 11.0 Å². The number of benzene rings is 1.